The number of carbonyl (C=O) groups is 2. The minimum absolute atomic E-state index is 0.208. The van der Waals surface area contributed by atoms with Gasteiger partial charge in [0, 0.05) is 12.8 Å². The van der Waals surface area contributed by atoms with E-state index in [1.165, 1.54) is 11.3 Å². The molecule has 2 amide bonds. The van der Waals surface area contributed by atoms with Gasteiger partial charge in [-0.05, 0) is 30.0 Å². The van der Waals surface area contributed by atoms with E-state index in [9.17, 15) is 9.59 Å². The third-order valence-electron chi connectivity index (χ3n) is 3.44. The number of nitrogens with one attached hydrogen (secondary N) is 2. The molecular weight excluding hydrogens is 376 g/mol. The molecule has 3 rings (SSSR count). The highest BCUT2D eigenvalue weighted by molar-refractivity contribution is 7.13. The molecule has 7 nitrogen and oxygen atoms in total. The summed E-state index contributed by atoms with van der Waals surface area (Å²) in [5.74, 6) is 0.234. The van der Waals surface area contributed by atoms with E-state index in [1.807, 2.05) is 17.5 Å². The summed E-state index contributed by atoms with van der Waals surface area (Å²) in [6.45, 7) is 0. The Labute approximate surface area is 158 Å². The van der Waals surface area contributed by atoms with E-state index in [0.29, 0.717) is 35.1 Å². The van der Waals surface area contributed by atoms with Crippen LogP contribution < -0.4 is 10.9 Å². The molecule has 2 heterocycles. The Morgan fingerprint density at radius 2 is 2.00 bits per heavy atom. The first-order valence-corrected chi connectivity index (χ1v) is 9.09. The molecule has 3 aromatic rings. The first-order valence-electron chi connectivity index (χ1n) is 7.83. The Morgan fingerprint density at radius 3 is 2.77 bits per heavy atom. The van der Waals surface area contributed by atoms with Crippen LogP contribution in [0.5, 0.6) is 0 Å². The van der Waals surface area contributed by atoms with E-state index >= 15 is 0 Å². The maximum Gasteiger partial charge on any atom is 0.271 e. The standard InChI is InChI=1S/C17H15ClN4O3S/c18-12-6-2-1-5-11(12)17(24)21-20-14(23)8-3-9-15-19-16(22-25-15)13-7-4-10-26-13/h1-2,4-7,10H,3,8-9H2,(H,20,23)(H,21,24). The minimum Gasteiger partial charge on any atom is -0.339 e. The quantitative estimate of drug-likeness (QED) is 0.630. The van der Waals surface area contributed by atoms with Crippen LogP contribution in [-0.2, 0) is 11.2 Å². The number of halogens is 1. The molecular formula is C17H15ClN4O3S. The molecule has 9 heteroatoms. The second kappa shape index (κ2) is 8.59. The van der Waals surface area contributed by atoms with Crippen molar-refractivity contribution in [3.8, 4) is 10.7 Å². The number of thiophene rings is 1. The number of aryl methyl sites for hydroxylation is 1. The molecule has 0 fully saturated rings. The molecule has 26 heavy (non-hydrogen) atoms. The van der Waals surface area contributed by atoms with Crippen molar-refractivity contribution >= 4 is 34.8 Å². The number of aromatic nitrogens is 2. The summed E-state index contributed by atoms with van der Waals surface area (Å²) in [6.07, 6.45) is 1.20. The summed E-state index contributed by atoms with van der Waals surface area (Å²) in [5.41, 5.74) is 4.99. The summed E-state index contributed by atoms with van der Waals surface area (Å²) < 4.78 is 5.17. The van der Waals surface area contributed by atoms with Gasteiger partial charge in [-0.25, -0.2) is 0 Å². The molecule has 0 radical (unpaired) electrons. The van der Waals surface area contributed by atoms with Crippen LogP contribution >= 0.6 is 22.9 Å². The van der Waals surface area contributed by atoms with Gasteiger partial charge in [-0.1, -0.05) is 35.0 Å². The van der Waals surface area contributed by atoms with E-state index in [4.69, 9.17) is 16.1 Å². The van der Waals surface area contributed by atoms with Crippen molar-refractivity contribution < 1.29 is 14.1 Å². The van der Waals surface area contributed by atoms with E-state index in [2.05, 4.69) is 21.0 Å². The van der Waals surface area contributed by atoms with Gasteiger partial charge in [0.25, 0.3) is 5.91 Å². The number of rotatable bonds is 6. The molecule has 0 aliphatic rings. The van der Waals surface area contributed by atoms with Crippen molar-refractivity contribution in [1.82, 2.24) is 21.0 Å². The summed E-state index contributed by atoms with van der Waals surface area (Å²) in [4.78, 5) is 29.0. The van der Waals surface area contributed by atoms with Crippen LogP contribution in [0.1, 0.15) is 29.1 Å². The van der Waals surface area contributed by atoms with E-state index in [0.717, 1.165) is 4.88 Å². The van der Waals surface area contributed by atoms with Gasteiger partial charge in [-0.2, -0.15) is 4.98 Å². The maximum atomic E-state index is 11.9. The van der Waals surface area contributed by atoms with Crippen LogP contribution in [0.3, 0.4) is 0 Å². The highest BCUT2D eigenvalue weighted by atomic mass is 35.5. The Bertz CT molecular complexity index is 895. The number of hydrazine groups is 1. The monoisotopic (exact) mass is 390 g/mol. The Morgan fingerprint density at radius 1 is 1.15 bits per heavy atom. The molecule has 2 aromatic heterocycles. The fraction of sp³-hybridized carbons (Fsp3) is 0.176. The Kier molecular flexibility index (Phi) is 5.98. The Hall–Kier alpha value is -2.71. The van der Waals surface area contributed by atoms with Crippen LogP contribution in [0.25, 0.3) is 10.7 Å². The maximum absolute atomic E-state index is 11.9. The average Bonchev–Trinajstić information content (AvgIpc) is 3.31. The van der Waals surface area contributed by atoms with Crippen LogP contribution in [0, 0.1) is 0 Å². The van der Waals surface area contributed by atoms with Gasteiger partial charge in [0.1, 0.15) is 0 Å². The zero-order chi connectivity index (χ0) is 18.4. The Balaban J connectivity index is 1.41. The number of hydrogen-bond donors (Lipinski definition) is 2. The number of hydrogen-bond acceptors (Lipinski definition) is 6. The molecule has 2 N–H and O–H groups in total. The second-order valence-electron chi connectivity index (χ2n) is 5.32. The minimum atomic E-state index is -0.471. The van der Waals surface area contributed by atoms with Crippen LogP contribution in [0.4, 0.5) is 0 Å². The van der Waals surface area contributed by atoms with Gasteiger partial charge < -0.3 is 4.52 Å². The third-order valence-corrected chi connectivity index (χ3v) is 4.63. The lowest BCUT2D eigenvalue weighted by molar-refractivity contribution is -0.121. The summed E-state index contributed by atoms with van der Waals surface area (Å²) in [6, 6.07) is 10.4. The normalized spacial score (nSPS) is 10.5. The van der Waals surface area contributed by atoms with E-state index in [-0.39, 0.29) is 12.3 Å². The number of carbonyl (C=O) groups excluding carboxylic acids is 2. The van der Waals surface area contributed by atoms with Crippen molar-refractivity contribution in [3.05, 3.63) is 58.3 Å². The topological polar surface area (TPSA) is 97.1 Å². The zero-order valence-corrected chi connectivity index (χ0v) is 15.1. The van der Waals surface area contributed by atoms with Gasteiger partial charge in [0.05, 0.1) is 15.5 Å². The summed E-state index contributed by atoms with van der Waals surface area (Å²) in [5, 5.41) is 6.17. The van der Waals surface area contributed by atoms with Crippen LogP contribution in [0.15, 0.2) is 46.3 Å². The number of nitrogens with zero attached hydrogens (tertiary/aromatic N) is 2. The van der Waals surface area contributed by atoms with Crippen LogP contribution in [-0.4, -0.2) is 22.0 Å². The largest absolute Gasteiger partial charge is 0.339 e. The summed E-state index contributed by atoms with van der Waals surface area (Å²) >= 11 is 7.46. The van der Waals surface area contributed by atoms with E-state index < -0.39 is 5.91 Å². The highest BCUT2D eigenvalue weighted by Gasteiger charge is 2.12. The molecule has 0 aliphatic heterocycles. The molecule has 0 saturated carbocycles. The molecule has 0 saturated heterocycles. The second-order valence-corrected chi connectivity index (χ2v) is 6.68. The van der Waals surface area contributed by atoms with Gasteiger partial charge in [-0.3, -0.25) is 20.4 Å². The zero-order valence-electron chi connectivity index (χ0n) is 13.6. The van der Waals surface area contributed by atoms with Crippen molar-refractivity contribution in [2.45, 2.75) is 19.3 Å². The average molecular weight is 391 g/mol. The highest BCUT2D eigenvalue weighted by Crippen LogP contribution is 2.21. The van der Waals surface area contributed by atoms with Crippen molar-refractivity contribution in [3.63, 3.8) is 0 Å². The number of benzene rings is 1. The lowest BCUT2D eigenvalue weighted by atomic mass is 10.2. The van der Waals surface area contributed by atoms with Gasteiger partial charge >= 0.3 is 0 Å². The predicted molar refractivity (Wildman–Crippen MR) is 97.6 cm³/mol. The molecule has 0 bridgehead atoms. The van der Waals surface area contributed by atoms with Gasteiger partial charge in [0.15, 0.2) is 0 Å². The lowest BCUT2D eigenvalue weighted by Gasteiger charge is -2.07. The smallest absolute Gasteiger partial charge is 0.271 e. The first kappa shape index (κ1) is 18.1. The lowest BCUT2D eigenvalue weighted by Crippen LogP contribution is -2.41. The summed E-state index contributed by atoms with van der Waals surface area (Å²) in [7, 11) is 0. The molecule has 1 aromatic carbocycles. The fourth-order valence-corrected chi connectivity index (χ4v) is 3.03. The fourth-order valence-electron chi connectivity index (χ4n) is 2.16. The van der Waals surface area contributed by atoms with Crippen LogP contribution in [0.2, 0.25) is 5.02 Å². The van der Waals surface area contributed by atoms with Crippen molar-refractivity contribution in [1.29, 1.82) is 0 Å². The SMILES string of the molecule is O=C(CCCc1nc(-c2cccs2)no1)NNC(=O)c1ccccc1Cl. The van der Waals surface area contributed by atoms with Gasteiger partial charge in [-0.15, -0.1) is 11.3 Å². The molecule has 134 valence electrons. The predicted octanol–water partition coefficient (Wildman–Crippen LogP) is 3.24. The third kappa shape index (κ3) is 4.68. The van der Waals surface area contributed by atoms with Crippen molar-refractivity contribution in [2.75, 3.05) is 0 Å². The van der Waals surface area contributed by atoms with Gasteiger partial charge in [0.2, 0.25) is 17.6 Å². The van der Waals surface area contributed by atoms with E-state index in [1.54, 1.807) is 24.3 Å². The molecule has 0 atom stereocenters. The first-order chi connectivity index (χ1) is 12.6. The molecule has 0 aliphatic carbocycles. The molecule has 0 unspecified atom stereocenters. The molecule has 0 spiro atoms. The number of amides is 2. The van der Waals surface area contributed by atoms with Crippen molar-refractivity contribution in [2.24, 2.45) is 0 Å².